The maximum Gasteiger partial charge on any atom is 0.123 e. The van der Waals surface area contributed by atoms with Crippen LogP contribution < -0.4 is 0 Å². The molecule has 0 aliphatic carbocycles. The molecular weight excluding hydrogens is 361 g/mol. The molecule has 0 bridgehead atoms. The predicted molar refractivity (Wildman–Crippen MR) is 117 cm³/mol. The van der Waals surface area contributed by atoms with Gasteiger partial charge in [0, 0.05) is 25.0 Å². The van der Waals surface area contributed by atoms with Gasteiger partial charge in [0.05, 0.1) is 11.2 Å². The summed E-state index contributed by atoms with van der Waals surface area (Å²) in [4.78, 5) is 9.73. The van der Waals surface area contributed by atoms with Crippen molar-refractivity contribution in [2.75, 3.05) is 33.2 Å². The topological polar surface area (TPSA) is 19.4 Å². The molecule has 1 saturated heterocycles. The molecule has 0 atom stereocenters. The van der Waals surface area contributed by atoms with Crippen LogP contribution in [0.1, 0.15) is 24.1 Å². The zero-order chi connectivity index (χ0) is 20.1. The molecule has 0 amide bonds. The summed E-state index contributed by atoms with van der Waals surface area (Å²) in [7, 11) is 2.20. The third kappa shape index (κ3) is 5.62. The number of aromatic nitrogens is 1. The Labute approximate surface area is 173 Å². The molecule has 152 valence electrons. The van der Waals surface area contributed by atoms with Gasteiger partial charge in [0.2, 0.25) is 0 Å². The van der Waals surface area contributed by atoms with E-state index in [-0.39, 0.29) is 5.82 Å². The van der Waals surface area contributed by atoms with Crippen molar-refractivity contribution in [2.24, 2.45) is 5.92 Å². The molecule has 29 heavy (non-hydrogen) atoms. The number of para-hydroxylation sites is 1. The van der Waals surface area contributed by atoms with Crippen LogP contribution in [0, 0.1) is 11.7 Å². The fourth-order valence-corrected chi connectivity index (χ4v) is 4.35. The van der Waals surface area contributed by atoms with Gasteiger partial charge < -0.3 is 9.80 Å². The molecule has 2 aromatic carbocycles. The molecule has 1 aromatic heterocycles. The number of rotatable bonds is 7. The number of fused-ring (bicyclic) bond motifs is 1. The third-order valence-electron chi connectivity index (χ3n) is 5.97. The number of halogens is 1. The SMILES string of the molecule is CN(Cc1ccc2ccccc2n1)CC1CCN(CCc2cccc(F)c2)CC1. The van der Waals surface area contributed by atoms with Crippen molar-refractivity contribution in [3.63, 3.8) is 0 Å². The van der Waals surface area contributed by atoms with Gasteiger partial charge in [-0.25, -0.2) is 4.39 Å². The van der Waals surface area contributed by atoms with E-state index in [9.17, 15) is 4.39 Å². The monoisotopic (exact) mass is 391 g/mol. The van der Waals surface area contributed by atoms with Crippen molar-refractivity contribution in [1.82, 2.24) is 14.8 Å². The first-order valence-electron chi connectivity index (χ1n) is 10.7. The van der Waals surface area contributed by atoms with Crippen molar-refractivity contribution in [3.05, 3.63) is 77.7 Å². The van der Waals surface area contributed by atoms with Crippen LogP contribution in [-0.4, -0.2) is 48.0 Å². The lowest BCUT2D eigenvalue weighted by Gasteiger charge is -2.34. The highest BCUT2D eigenvalue weighted by Crippen LogP contribution is 2.20. The van der Waals surface area contributed by atoms with E-state index >= 15 is 0 Å². The van der Waals surface area contributed by atoms with E-state index in [4.69, 9.17) is 4.98 Å². The molecule has 3 nitrogen and oxygen atoms in total. The van der Waals surface area contributed by atoms with E-state index in [1.54, 1.807) is 12.1 Å². The van der Waals surface area contributed by atoms with E-state index < -0.39 is 0 Å². The van der Waals surface area contributed by atoms with Gasteiger partial charge in [-0.1, -0.05) is 36.4 Å². The summed E-state index contributed by atoms with van der Waals surface area (Å²) in [5, 5.41) is 1.20. The predicted octanol–water partition coefficient (Wildman–Crippen LogP) is 4.76. The van der Waals surface area contributed by atoms with Gasteiger partial charge in [-0.15, -0.1) is 0 Å². The number of hydrogen-bond acceptors (Lipinski definition) is 3. The minimum absolute atomic E-state index is 0.134. The number of likely N-dealkylation sites (tertiary alicyclic amines) is 1. The van der Waals surface area contributed by atoms with Gasteiger partial charge in [-0.3, -0.25) is 4.98 Å². The van der Waals surface area contributed by atoms with Gasteiger partial charge in [-0.2, -0.15) is 0 Å². The van der Waals surface area contributed by atoms with Crippen LogP contribution in [0.2, 0.25) is 0 Å². The molecule has 4 heteroatoms. The highest BCUT2D eigenvalue weighted by Gasteiger charge is 2.20. The maximum absolute atomic E-state index is 13.3. The van der Waals surface area contributed by atoms with Crippen molar-refractivity contribution < 1.29 is 4.39 Å². The Hall–Kier alpha value is -2.30. The zero-order valence-electron chi connectivity index (χ0n) is 17.2. The first kappa shape index (κ1) is 20.0. The van der Waals surface area contributed by atoms with E-state index in [0.717, 1.165) is 61.8 Å². The van der Waals surface area contributed by atoms with Crippen LogP contribution in [0.3, 0.4) is 0 Å². The summed E-state index contributed by atoms with van der Waals surface area (Å²) in [5.74, 6) is 0.607. The summed E-state index contributed by atoms with van der Waals surface area (Å²) < 4.78 is 13.3. The largest absolute Gasteiger partial charge is 0.303 e. The number of pyridine rings is 1. The highest BCUT2D eigenvalue weighted by atomic mass is 19.1. The highest BCUT2D eigenvalue weighted by molar-refractivity contribution is 5.78. The van der Waals surface area contributed by atoms with Crippen LogP contribution in [0.15, 0.2) is 60.7 Å². The number of benzene rings is 2. The maximum atomic E-state index is 13.3. The van der Waals surface area contributed by atoms with Crippen molar-refractivity contribution in [1.29, 1.82) is 0 Å². The molecule has 1 fully saturated rings. The first-order chi connectivity index (χ1) is 14.2. The lowest BCUT2D eigenvalue weighted by atomic mass is 9.96. The van der Waals surface area contributed by atoms with Crippen molar-refractivity contribution >= 4 is 10.9 Å². The lowest BCUT2D eigenvalue weighted by molar-refractivity contribution is 0.153. The fraction of sp³-hybridized carbons (Fsp3) is 0.400. The fourth-order valence-electron chi connectivity index (χ4n) is 4.35. The molecule has 1 aliphatic rings. The molecule has 0 unspecified atom stereocenters. The molecular formula is C25H30FN3. The van der Waals surface area contributed by atoms with Gasteiger partial charge in [0.1, 0.15) is 5.82 Å². The summed E-state index contributed by atoms with van der Waals surface area (Å²) in [6.07, 6.45) is 3.40. The van der Waals surface area contributed by atoms with E-state index in [1.165, 1.54) is 24.3 Å². The molecule has 0 radical (unpaired) electrons. The molecule has 2 heterocycles. The van der Waals surface area contributed by atoms with Crippen molar-refractivity contribution in [3.8, 4) is 0 Å². The number of nitrogens with zero attached hydrogens (tertiary/aromatic N) is 3. The van der Waals surface area contributed by atoms with Gasteiger partial charge in [0.25, 0.3) is 0 Å². The van der Waals surface area contributed by atoms with Crippen LogP contribution in [0.5, 0.6) is 0 Å². The first-order valence-corrected chi connectivity index (χ1v) is 10.7. The Morgan fingerprint density at radius 3 is 2.69 bits per heavy atom. The summed E-state index contributed by atoms with van der Waals surface area (Å²) in [6, 6.07) is 19.6. The second kappa shape index (κ2) is 9.47. The minimum atomic E-state index is -0.134. The second-order valence-electron chi connectivity index (χ2n) is 8.36. The van der Waals surface area contributed by atoms with E-state index in [0.29, 0.717) is 0 Å². The Morgan fingerprint density at radius 2 is 1.86 bits per heavy atom. The molecule has 3 aromatic rings. The normalized spacial score (nSPS) is 16.0. The Morgan fingerprint density at radius 1 is 1.03 bits per heavy atom. The Bertz CT molecular complexity index is 934. The Kier molecular flexibility index (Phi) is 6.53. The molecule has 0 saturated carbocycles. The summed E-state index contributed by atoms with van der Waals surface area (Å²) >= 11 is 0. The van der Waals surface area contributed by atoms with Crippen LogP contribution in [-0.2, 0) is 13.0 Å². The van der Waals surface area contributed by atoms with Crippen LogP contribution >= 0.6 is 0 Å². The lowest BCUT2D eigenvalue weighted by Crippen LogP contribution is -2.38. The molecule has 4 rings (SSSR count). The number of hydrogen-bond donors (Lipinski definition) is 0. The van der Waals surface area contributed by atoms with Gasteiger partial charge in [-0.05, 0) is 75.1 Å². The quantitative estimate of drug-likeness (QED) is 0.579. The average Bonchev–Trinajstić information content (AvgIpc) is 2.73. The van der Waals surface area contributed by atoms with E-state index in [2.05, 4.69) is 47.2 Å². The molecule has 1 aliphatic heterocycles. The van der Waals surface area contributed by atoms with Crippen LogP contribution in [0.25, 0.3) is 10.9 Å². The van der Waals surface area contributed by atoms with Crippen molar-refractivity contribution in [2.45, 2.75) is 25.8 Å². The average molecular weight is 392 g/mol. The van der Waals surface area contributed by atoms with Crippen LogP contribution in [0.4, 0.5) is 4.39 Å². The van der Waals surface area contributed by atoms with Gasteiger partial charge in [0.15, 0.2) is 0 Å². The summed E-state index contributed by atoms with van der Waals surface area (Å²) in [5.41, 5.74) is 3.30. The van der Waals surface area contributed by atoms with Gasteiger partial charge >= 0.3 is 0 Å². The Balaban J connectivity index is 1.21. The molecule has 0 N–H and O–H groups in total. The third-order valence-corrected chi connectivity index (χ3v) is 5.97. The standard InChI is InChI=1S/C25H30FN3/c1-28(19-24-10-9-22-6-2-3-8-25(22)27-24)18-21-12-15-29(16-13-21)14-11-20-5-4-7-23(26)17-20/h2-10,17,21H,11-16,18-19H2,1H3. The minimum Gasteiger partial charge on any atom is -0.303 e. The smallest absolute Gasteiger partial charge is 0.123 e. The molecule has 0 spiro atoms. The number of piperidine rings is 1. The summed E-state index contributed by atoms with van der Waals surface area (Å²) in [6.45, 7) is 5.31. The zero-order valence-corrected chi connectivity index (χ0v) is 17.2. The van der Waals surface area contributed by atoms with E-state index in [1.807, 2.05) is 12.1 Å². The second-order valence-corrected chi connectivity index (χ2v) is 8.36.